The maximum absolute atomic E-state index is 9.37. The fourth-order valence-corrected chi connectivity index (χ4v) is 2.53. The minimum Gasteiger partial charge on any atom is -0.456 e. The Kier molecular flexibility index (Phi) is 2.43. The van der Waals surface area contributed by atoms with Crippen molar-refractivity contribution in [2.24, 2.45) is 0 Å². The number of fused-ring (bicyclic) bond motifs is 3. The van der Waals surface area contributed by atoms with Crippen molar-refractivity contribution >= 4 is 34.5 Å². The fourth-order valence-electron chi connectivity index (χ4n) is 2.53. The molecule has 0 saturated heterocycles. The molecule has 0 fully saturated rings. The van der Waals surface area contributed by atoms with E-state index in [1.54, 1.807) is 6.07 Å². The van der Waals surface area contributed by atoms with Crippen molar-refractivity contribution < 1.29 is 14.5 Å². The third-order valence-electron chi connectivity index (χ3n) is 3.25. The number of benzene rings is 2. The van der Waals surface area contributed by atoms with Crippen LogP contribution in [0.3, 0.4) is 0 Å². The van der Waals surface area contributed by atoms with E-state index < -0.39 is 7.12 Å². The van der Waals surface area contributed by atoms with Gasteiger partial charge in [-0.3, -0.25) is 0 Å². The summed E-state index contributed by atoms with van der Waals surface area (Å²) in [5.74, 6) is 0. The lowest BCUT2D eigenvalue weighted by atomic mass is 9.79. The lowest BCUT2D eigenvalue weighted by Crippen LogP contribution is -2.29. The van der Waals surface area contributed by atoms with Crippen molar-refractivity contribution in [3.8, 4) is 0 Å². The summed E-state index contributed by atoms with van der Waals surface area (Å²) in [5.41, 5.74) is 4.01. The van der Waals surface area contributed by atoms with Gasteiger partial charge in [0.1, 0.15) is 11.2 Å². The van der Waals surface area contributed by atoms with E-state index in [0.717, 1.165) is 27.5 Å². The van der Waals surface area contributed by atoms with Crippen LogP contribution in [-0.4, -0.2) is 17.2 Å². The molecule has 0 amide bonds. The molecule has 0 aliphatic heterocycles. The second kappa shape index (κ2) is 3.87. The Balaban J connectivity index is 2.51. The molecule has 0 unspecified atom stereocenters. The molecule has 2 aromatic carbocycles. The van der Waals surface area contributed by atoms with Gasteiger partial charge < -0.3 is 14.5 Å². The lowest BCUT2D eigenvalue weighted by molar-refractivity contribution is 0.425. The van der Waals surface area contributed by atoms with Crippen LogP contribution in [-0.2, 0) is 0 Å². The first-order valence-electron chi connectivity index (χ1n) is 5.86. The minimum absolute atomic E-state index is 0.403. The summed E-state index contributed by atoms with van der Waals surface area (Å²) in [6.07, 6.45) is 0. The molecule has 0 radical (unpaired) electrons. The van der Waals surface area contributed by atoms with Crippen LogP contribution >= 0.6 is 0 Å². The quantitative estimate of drug-likeness (QED) is 0.638. The van der Waals surface area contributed by atoms with E-state index in [9.17, 15) is 10.0 Å². The first kappa shape index (κ1) is 11.3. The monoisotopic (exact) mass is 240 g/mol. The van der Waals surface area contributed by atoms with Gasteiger partial charge in [0.25, 0.3) is 0 Å². The largest absolute Gasteiger partial charge is 0.492 e. The normalized spacial score (nSPS) is 11.3. The number of hydrogen-bond donors (Lipinski definition) is 2. The Bertz CT molecular complexity index is 743. The fraction of sp³-hybridized carbons (Fsp3) is 0.143. The second-order valence-corrected chi connectivity index (χ2v) is 4.65. The highest BCUT2D eigenvalue weighted by Gasteiger charge is 2.19. The van der Waals surface area contributed by atoms with E-state index in [-0.39, 0.29) is 0 Å². The Hall–Kier alpha value is -1.78. The molecule has 0 saturated carbocycles. The third-order valence-corrected chi connectivity index (χ3v) is 3.25. The van der Waals surface area contributed by atoms with Crippen molar-refractivity contribution in [3.63, 3.8) is 0 Å². The van der Waals surface area contributed by atoms with Gasteiger partial charge in [-0.2, -0.15) is 0 Å². The van der Waals surface area contributed by atoms with Crippen LogP contribution in [0.15, 0.2) is 34.7 Å². The van der Waals surface area contributed by atoms with Crippen molar-refractivity contribution in [2.75, 3.05) is 0 Å². The molecule has 4 heteroatoms. The molecule has 0 bridgehead atoms. The average Bonchev–Trinajstić information content (AvgIpc) is 2.65. The zero-order valence-electron chi connectivity index (χ0n) is 10.3. The van der Waals surface area contributed by atoms with Crippen LogP contribution in [0.5, 0.6) is 0 Å². The highest BCUT2D eigenvalue weighted by Crippen LogP contribution is 2.31. The molecule has 0 spiro atoms. The molecule has 90 valence electrons. The molecule has 1 aromatic heterocycles. The molecule has 1 heterocycles. The summed E-state index contributed by atoms with van der Waals surface area (Å²) in [6, 6.07) is 9.48. The minimum atomic E-state index is -1.52. The van der Waals surface area contributed by atoms with Crippen LogP contribution in [0.4, 0.5) is 0 Å². The van der Waals surface area contributed by atoms with Crippen LogP contribution in [0, 0.1) is 13.8 Å². The van der Waals surface area contributed by atoms with Crippen LogP contribution in [0.25, 0.3) is 21.9 Å². The van der Waals surface area contributed by atoms with Crippen molar-refractivity contribution in [1.82, 2.24) is 0 Å². The van der Waals surface area contributed by atoms with Gasteiger partial charge in [-0.05, 0) is 31.0 Å². The summed E-state index contributed by atoms with van der Waals surface area (Å²) in [7, 11) is -1.52. The van der Waals surface area contributed by atoms with Gasteiger partial charge in [0.05, 0.1) is 0 Å². The molecule has 3 rings (SSSR count). The number of para-hydroxylation sites is 1. The van der Waals surface area contributed by atoms with E-state index >= 15 is 0 Å². The maximum Gasteiger partial charge on any atom is 0.492 e. The van der Waals surface area contributed by atoms with Crippen LogP contribution < -0.4 is 5.46 Å². The summed E-state index contributed by atoms with van der Waals surface area (Å²) in [5, 5.41) is 20.7. The highest BCUT2D eigenvalue weighted by molar-refractivity contribution is 6.61. The second-order valence-electron chi connectivity index (χ2n) is 4.65. The average molecular weight is 240 g/mol. The van der Waals surface area contributed by atoms with E-state index in [2.05, 4.69) is 6.07 Å². The predicted molar refractivity (Wildman–Crippen MR) is 73.0 cm³/mol. The van der Waals surface area contributed by atoms with Gasteiger partial charge in [-0.15, -0.1) is 0 Å². The van der Waals surface area contributed by atoms with Crippen LogP contribution in [0.1, 0.15) is 11.1 Å². The van der Waals surface area contributed by atoms with Crippen molar-refractivity contribution in [3.05, 3.63) is 41.5 Å². The molecular formula is C14H13BO3. The van der Waals surface area contributed by atoms with E-state index in [4.69, 9.17) is 4.42 Å². The van der Waals surface area contributed by atoms with Gasteiger partial charge in [-0.1, -0.05) is 24.3 Å². The van der Waals surface area contributed by atoms with Crippen LogP contribution in [0.2, 0.25) is 0 Å². The Morgan fingerprint density at radius 3 is 2.61 bits per heavy atom. The first-order valence-corrected chi connectivity index (χ1v) is 5.86. The van der Waals surface area contributed by atoms with Gasteiger partial charge >= 0.3 is 7.12 Å². The summed E-state index contributed by atoms with van der Waals surface area (Å²) in [4.78, 5) is 0. The number of furan rings is 1. The standard InChI is InChI=1S/C14H13BO3/c1-8-6-9(2)13-10-4-3-5-11(15(16)17)14(10)18-12(13)7-8/h3-7,16-17H,1-2H3. The zero-order chi connectivity index (χ0) is 12.9. The van der Waals surface area contributed by atoms with Crippen molar-refractivity contribution in [1.29, 1.82) is 0 Å². The first-order chi connectivity index (χ1) is 8.58. The maximum atomic E-state index is 9.37. The molecule has 18 heavy (non-hydrogen) atoms. The van der Waals surface area contributed by atoms with Gasteiger partial charge in [-0.25, -0.2) is 0 Å². The lowest BCUT2D eigenvalue weighted by Gasteiger charge is -1.99. The SMILES string of the molecule is Cc1cc(C)c2c(c1)oc1c(B(O)O)cccc12. The smallest absolute Gasteiger partial charge is 0.456 e. The summed E-state index contributed by atoms with van der Waals surface area (Å²) in [6.45, 7) is 4.05. The zero-order valence-corrected chi connectivity index (χ0v) is 10.3. The number of hydrogen-bond acceptors (Lipinski definition) is 3. The number of rotatable bonds is 1. The van der Waals surface area contributed by atoms with Gasteiger partial charge in [0, 0.05) is 16.2 Å². The highest BCUT2D eigenvalue weighted by atomic mass is 16.4. The van der Waals surface area contributed by atoms with Crippen molar-refractivity contribution in [2.45, 2.75) is 13.8 Å². The molecule has 3 aromatic rings. The van der Waals surface area contributed by atoms with E-state index in [1.165, 1.54) is 0 Å². The van der Waals surface area contributed by atoms with E-state index in [0.29, 0.717) is 11.0 Å². The topological polar surface area (TPSA) is 53.6 Å². The Labute approximate surface area is 105 Å². The Morgan fingerprint density at radius 1 is 1.11 bits per heavy atom. The molecular weight excluding hydrogens is 227 g/mol. The molecule has 3 nitrogen and oxygen atoms in total. The predicted octanol–water partition coefficient (Wildman–Crippen LogP) is 1.88. The molecule has 0 atom stereocenters. The molecule has 0 aliphatic rings. The summed E-state index contributed by atoms with van der Waals surface area (Å²) >= 11 is 0. The summed E-state index contributed by atoms with van der Waals surface area (Å²) < 4.78 is 5.79. The van der Waals surface area contributed by atoms with Gasteiger partial charge in [0.2, 0.25) is 0 Å². The molecule has 2 N–H and O–H groups in total. The number of aryl methyl sites for hydroxylation is 2. The molecule has 0 aliphatic carbocycles. The van der Waals surface area contributed by atoms with Gasteiger partial charge in [0.15, 0.2) is 0 Å². The Morgan fingerprint density at radius 2 is 1.89 bits per heavy atom. The van der Waals surface area contributed by atoms with E-state index in [1.807, 2.05) is 32.0 Å². The third kappa shape index (κ3) is 1.54.